The lowest BCUT2D eigenvalue weighted by Gasteiger charge is -2.14. The summed E-state index contributed by atoms with van der Waals surface area (Å²) in [4.78, 5) is 29.4. The first-order chi connectivity index (χ1) is 26.1. The SMILES string of the molecule is CN(C)Cc1ccc(C(=O)Nc2cc(-c3ccccc3)ccc2N)cc1.CN(C)Cc1ccc(C(=O)Nc2cc(-c3ccccc3)ccc2NC[18F])cc1. The minimum atomic E-state index is -0.715. The molecule has 0 atom stereocenters. The molecule has 0 spiro atoms. The standard InChI is InChI=1S/C23H24FN3O.C22H23N3O/c1-27(2)15-17-8-10-19(11-9-17)23(28)26-22-14-20(12-13-21(22)25-16-24)18-6-4-3-5-7-18;1-25(2)15-16-8-10-18(11-9-16)22(26)24-21-14-19(12-13-20(21)23)17-6-4-3-5-7-17/h3-14,25H,15-16H2,1-2H3,(H,26,28);3-14H,15,23H2,1-2H3,(H,24,26)/i24-1;. The van der Waals surface area contributed by atoms with Crippen molar-refractivity contribution < 1.29 is 14.0 Å². The fourth-order valence-electron chi connectivity index (χ4n) is 5.80. The maximum absolute atomic E-state index is 12.9. The Bertz CT molecular complexity index is 2120. The van der Waals surface area contributed by atoms with Gasteiger partial charge in [-0.1, -0.05) is 97.1 Å². The molecule has 0 radical (unpaired) electrons. The van der Waals surface area contributed by atoms with Gasteiger partial charge in [-0.15, -0.1) is 0 Å². The third-order valence-corrected chi connectivity index (χ3v) is 8.47. The summed E-state index contributed by atoms with van der Waals surface area (Å²) >= 11 is 0. The van der Waals surface area contributed by atoms with Crippen LogP contribution in [0.4, 0.5) is 27.1 Å². The van der Waals surface area contributed by atoms with Gasteiger partial charge >= 0.3 is 0 Å². The van der Waals surface area contributed by atoms with E-state index in [0.29, 0.717) is 33.9 Å². The molecule has 0 aromatic heterocycles. The van der Waals surface area contributed by atoms with Crippen molar-refractivity contribution in [2.24, 2.45) is 0 Å². The first-order valence-electron chi connectivity index (χ1n) is 17.6. The lowest BCUT2D eigenvalue weighted by Crippen LogP contribution is -2.14. The molecule has 0 heterocycles. The molecule has 6 aromatic rings. The number of benzene rings is 6. The number of hydrogen-bond donors (Lipinski definition) is 4. The molecule has 0 aliphatic rings. The summed E-state index contributed by atoms with van der Waals surface area (Å²) < 4.78 is 12.9. The Labute approximate surface area is 317 Å². The van der Waals surface area contributed by atoms with Gasteiger partial charge in [0.25, 0.3) is 11.8 Å². The van der Waals surface area contributed by atoms with Crippen molar-refractivity contribution in [3.05, 3.63) is 168 Å². The van der Waals surface area contributed by atoms with Crippen molar-refractivity contribution >= 4 is 34.6 Å². The van der Waals surface area contributed by atoms with Crippen LogP contribution in [0.25, 0.3) is 22.3 Å². The molecule has 2 amide bonds. The second-order valence-corrected chi connectivity index (χ2v) is 13.4. The number of halogens is 1. The van der Waals surface area contributed by atoms with Crippen LogP contribution in [0.1, 0.15) is 31.8 Å². The molecule has 9 heteroatoms. The molecule has 0 saturated carbocycles. The molecule has 6 aromatic carbocycles. The summed E-state index contributed by atoms with van der Waals surface area (Å²) in [6.45, 7) is 0.937. The summed E-state index contributed by atoms with van der Waals surface area (Å²) in [5.41, 5.74) is 15.8. The third-order valence-electron chi connectivity index (χ3n) is 8.47. The zero-order valence-corrected chi connectivity index (χ0v) is 31.1. The number of nitrogens with two attached hydrogens (primary N) is 1. The van der Waals surface area contributed by atoms with Gasteiger partial charge in [0.2, 0.25) is 0 Å². The van der Waals surface area contributed by atoms with E-state index in [1.807, 2.05) is 156 Å². The lowest BCUT2D eigenvalue weighted by atomic mass is 10.0. The van der Waals surface area contributed by atoms with Gasteiger partial charge in [-0.3, -0.25) is 9.59 Å². The van der Waals surface area contributed by atoms with E-state index in [2.05, 4.69) is 25.8 Å². The number of nitrogen functional groups attached to an aromatic ring is 1. The quantitative estimate of drug-likeness (QED) is 0.0743. The summed E-state index contributed by atoms with van der Waals surface area (Å²) in [7, 11) is 8.03. The molecular weight excluding hydrogens is 675 g/mol. The normalized spacial score (nSPS) is 10.7. The largest absolute Gasteiger partial charge is 0.397 e. The number of carbonyl (C=O) groups excluding carboxylic acids is 2. The average Bonchev–Trinajstić information content (AvgIpc) is 3.17. The van der Waals surface area contributed by atoms with Crippen LogP contribution >= 0.6 is 0 Å². The molecule has 5 N–H and O–H groups in total. The van der Waals surface area contributed by atoms with Gasteiger partial charge in [0.15, 0.2) is 6.80 Å². The Hall–Kier alpha value is -6.29. The van der Waals surface area contributed by atoms with Gasteiger partial charge in [0.05, 0.1) is 22.7 Å². The molecule has 54 heavy (non-hydrogen) atoms. The number of hydrogen-bond acceptors (Lipinski definition) is 6. The lowest BCUT2D eigenvalue weighted by molar-refractivity contribution is 0.101. The summed E-state index contributed by atoms with van der Waals surface area (Å²) in [5.74, 6) is -0.401. The van der Waals surface area contributed by atoms with Crippen LogP contribution in [-0.4, -0.2) is 56.6 Å². The highest BCUT2D eigenvalue weighted by Crippen LogP contribution is 2.30. The van der Waals surface area contributed by atoms with Crippen LogP contribution < -0.4 is 21.7 Å². The van der Waals surface area contributed by atoms with E-state index >= 15 is 0 Å². The number of nitrogens with one attached hydrogen (secondary N) is 3. The van der Waals surface area contributed by atoms with E-state index in [0.717, 1.165) is 46.5 Å². The minimum absolute atomic E-state index is 0.168. The number of amides is 2. The zero-order valence-electron chi connectivity index (χ0n) is 31.1. The van der Waals surface area contributed by atoms with Crippen LogP contribution in [0.3, 0.4) is 0 Å². The van der Waals surface area contributed by atoms with E-state index < -0.39 is 6.80 Å². The molecule has 0 unspecified atom stereocenters. The molecule has 8 nitrogen and oxygen atoms in total. The van der Waals surface area contributed by atoms with Crippen molar-refractivity contribution in [2.45, 2.75) is 13.1 Å². The van der Waals surface area contributed by atoms with Crippen molar-refractivity contribution in [1.29, 1.82) is 0 Å². The highest BCUT2D eigenvalue weighted by molar-refractivity contribution is 6.07. The predicted octanol–water partition coefficient (Wildman–Crippen LogP) is 9.26. The molecule has 0 bridgehead atoms. The van der Waals surface area contributed by atoms with E-state index in [4.69, 9.17) is 5.73 Å². The predicted molar refractivity (Wildman–Crippen MR) is 221 cm³/mol. The van der Waals surface area contributed by atoms with Gasteiger partial charge < -0.3 is 31.5 Å². The fraction of sp³-hybridized carbons (Fsp3) is 0.156. The Kier molecular flexibility index (Phi) is 13.7. The fourth-order valence-corrected chi connectivity index (χ4v) is 5.80. The highest BCUT2D eigenvalue weighted by atomic mass is 18.2. The third kappa shape index (κ3) is 11.1. The van der Waals surface area contributed by atoms with Crippen molar-refractivity contribution in [3.63, 3.8) is 0 Å². The Morgan fingerprint density at radius 3 is 1.39 bits per heavy atom. The Balaban J connectivity index is 0.000000208. The van der Waals surface area contributed by atoms with Gasteiger partial charge in [0, 0.05) is 24.2 Å². The summed E-state index contributed by atoms with van der Waals surface area (Å²) in [6.07, 6.45) is 0. The van der Waals surface area contributed by atoms with Crippen molar-refractivity contribution in [2.75, 3.05) is 56.7 Å². The van der Waals surface area contributed by atoms with E-state index in [1.54, 1.807) is 18.2 Å². The van der Waals surface area contributed by atoms with Crippen LogP contribution in [0, 0.1) is 0 Å². The smallest absolute Gasteiger partial charge is 0.255 e. The van der Waals surface area contributed by atoms with Crippen LogP contribution in [0.5, 0.6) is 0 Å². The monoisotopic (exact) mass is 721 g/mol. The first kappa shape index (κ1) is 38.9. The number of nitrogens with zero attached hydrogens (tertiary/aromatic N) is 2. The molecular formula is C45H47FN6O2. The van der Waals surface area contributed by atoms with Gasteiger partial charge in [-0.2, -0.15) is 0 Å². The Morgan fingerprint density at radius 2 is 0.944 bits per heavy atom. The van der Waals surface area contributed by atoms with E-state index in [9.17, 15) is 14.0 Å². The second kappa shape index (κ2) is 19.0. The number of alkyl halides is 1. The second-order valence-electron chi connectivity index (χ2n) is 13.4. The topological polar surface area (TPSA) is 103 Å². The van der Waals surface area contributed by atoms with Gasteiger partial charge in [0.1, 0.15) is 0 Å². The molecule has 0 fully saturated rings. The number of rotatable bonds is 12. The maximum Gasteiger partial charge on any atom is 0.255 e. The van der Waals surface area contributed by atoms with E-state index in [-0.39, 0.29) is 11.8 Å². The molecule has 0 aliphatic carbocycles. The molecule has 0 saturated heterocycles. The number of anilines is 4. The van der Waals surface area contributed by atoms with Crippen LogP contribution in [0.2, 0.25) is 0 Å². The number of carbonyl (C=O) groups is 2. The van der Waals surface area contributed by atoms with Crippen LogP contribution in [0.15, 0.2) is 146 Å². The molecule has 276 valence electrons. The molecule has 0 aliphatic heterocycles. The van der Waals surface area contributed by atoms with Crippen molar-refractivity contribution in [1.82, 2.24) is 9.80 Å². The summed E-state index contributed by atoms with van der Waals surface area (Å²) in [6, 6.07) is 46.2. The Morgan fingerprint density at radius 1 is 0.519 bits per heavy atom. The zero-order chi connectivity index (χ0) is 38.5. The van der Waals surface area contributed by atoms with E-state index in [1.165, 1.54) is 0 Å². The van der Waals surface area contributed by atoms with Gasteiger partial charge in [-0.25, -0.2) is 4.39 Å². The molecule has 6 rings (SSSR count). The highest BCUT2D eigenvalue weighted by Gasteiger charge is 2.12. The maximum atomic E-state index is 12.9. The van der Waals surface area contributed by atoms with Crippen LogP contribution in [-0.2, 0) is 13.1 Å². The van der Waals surface area contributed by atoms with Gasteiger partial charge in [-0.05, 0) is 110 Å². The first-order valence-corrected chi connectivity index (χ1v) is 17.6. The summed E-state index contributed by atoms with van der Waals surface area (Å²) in [5, 5.41) is 8.48. The average molecular weight is 722 g/mol. The minimum Gasteiger partial charge on any atom is -0.397 e. The van der Waals surface area contributed by atoms with Crippen molar-refractivity contribution in [3.8, 4) is 22.3 Å².